The van der Waals surface area contributed by atoms with Gasteiger partial charge in [0.1, 0.15) is 11.9 Å². The minimum Gasteiger partial charge on any atom is -0.370 e. The number of halogens is 1. The van der Waals surface area contributed by atoms with Crippen LogP contribution in [0.25, 0.3) is 0 Å². The van der Waals surface area contributed by atoms with Gasteiger partial charge >= 0.3 is 0 Å². The van der Waals surface area contributed by atoms with Gasteiger partial charge in [-0.3, -0.25) is 4.79 Å². The van der Waals surface area contributed by atoms with E-state index in [0.29, 0.717) is 18.9 Å². The fourth-order valence-electron chi connectivity index (χ4n) is 3.18. The fourth-order valence-corrected chi connectivity index (χ4v) is 3.18. The summed E-state index contributed by atoms with van der Waals surface area (Å²) in [6.45, 7) is 0.503. The number of nitriles is 1. The molecule has 0 radical (unpaired) electrons. The first kappa shape index (κ1) is 16.4. The van der Waals surface area contributed by atoms with Crippen molar-refractivity contribution in [3.05, 3.63) is 35.1 Å². The highest BCUT2D eigenvalue weighted by Gasteiger charge is 2.24. The minimum absolute atomic E-state index is 0.0448. The van der Waals surface area contributed by atoms with Gasteiger partial charge in [-0.1, -0.05) is 25.3 Å². The third kappa shape index (κ3) is 4.54. The molecule has 0 saturated heterocycles. The van der Waals surface area contributed by atoms with E-state index in [1.54, 1.807) is 12.1 Å². The molecule has 1 aromatic rings. The number of benzene rings is 1. The molecule has 0 aromatic heterocycles. The summed E-state index contributed by atoms with van der Waals surface area (Å²) in [6.07, 6.45) is 6.17. The number of nitrogens with two attached hydrogens (primary N) is 1. The van der Waals surface area contributed by atoms with Crippen LogP contribution in [0.15, 0.2) is 18.2 Å². The topological polar surface area (TPSA) is 78.9 Å². The van der Waals surface area contributed by atoms with Crippen LogP contribution in [0.2, 0.25) is 0 Å². The summed E-state index contributed by atoms with van der Waals surface area (Å²) >= 11 is 0. The molecule has 1 aliphatic rings. The molecular formula is C17H22FN3O. The van der Waals surface area contributed by atoms with Crippen LogP contribution in [0.1, 0.15) is 49.7 Å². The molecule has 0 heterocycles. The fraction of sp³-hybridized carbons (Fsp3) is 0.529. The summed E-state index contributed by atoms with van der Waals surface area (Å²) in [7, 11) is 0. The molecule has 5 heteroatoms. The Morgan fingerprint density at radius 1 is 1.41 bits per heavy atom. The Labute approximate surface area is 130 Å². The highest BCUT2D eigenvalue weighted by atomic mass is 19.1. The number of amides is 1. The molecule has 2 rings (SSSR count). The second-order valence-electron chi connectivity index (χ2n) is 5.98. The lowest BCUT2D eigenvalue weighted by molar-refractivity contribution is -0.118. The molecule has 22 heavy (non-hydrogen) atoms. The number of nitrogens with zero attached hydrogens (tertiary/aromatic N) is 1. The summed E-state index contributed by atoms with van der Waals surface area (Å²) in [5, 5.41) is 12.2. The van der Waals surface area contributed by atoms with Crippen molar-refractivity contribution in [1.82, 2.24) is 5.32 Å². The van der Waals surface area contributed by atoms with Crippen LogP contribution >= 0.6 is 0 Å². The summed E-state index contributed by atoms with van der Waals surface area (Å²) in [4.78, 5) is 11.3. The van der Waals surface area contributed by atoms with Gasteiger partial charge in [0.05, 0.1) is 5.56 Å². The van der Waals surface area contributed by atoms with Crippen molar-refractivity contribution in [3.63, 3.8) is 0 Å². The highest BCUT2D eigenvalue weighted by molar-refractivity contribution is 5.74. The number of primary amides is 1. The van der Waals surface area contributed by atoms with Crippen molar-refractivity contribution >= 4 is 5.91 Å². The van der Waals surface area contributed by atoms with Gasteiger partial charge in [0.15, 0.2) is 0 Å². The Morgan fingerprint density at radius 3 is 2.77 bits per heavy atom. The lowest BCUT2D eigenvalue weighted by Gasteiger charge is -2.30. The summed E-state index contributed by atoms with van der Waals surface area (Å²) in [6, 6.07) is 6.40. The Morgan fingerprint density at radius 2 is 2.14 bits per heavy atom. The molecule has 0 bridgehead atoms. The normalized spacial score (nSPS) is 16.9. The molecule has 1 saturated carbocycles. The predicted octanol–water partition coefficient (Wildman–Crippen LogP) is 2.61. The molecule has 1 amide bonds. The van der Waals surface area contributed by atoms with Crippen LogP contribution in [0, 0.1) is 23.1 Å². The van der Waals surface area contributed by atoms with Crippen molar-refractivity contribution in [1.29, 1.82) is 5.26 Å². The van der Waals surface area contributed by atoms with Gasteiger partial charge in [0, 0.05) is 19.0 Å². The standard InChI is InChI=1S/C17H22FN3O/c18-15-7-6-12(8-14(15)10-19)11-21-16(9-17(20)22)13-4-2-1-3-5-13/h6-8,13,16,21H,1-5,9,11H2,(H2,20,22)/t16-/m0/s1. The van der Waals surface area contributed by atoms with Crippen molar-refractivity contribution in [3.8, 4) is 6.07 Å². The summed E-state index contributed by atoms with van der Waals surface area (Å²) < 4.78 is 13.3. The third-order valence-corrected chi connectivity index (χ3v) is 4.36. The maximum atomic E-state index is 13.3. The largest absolute Gasteiger partial charge is 0.370 e. The Kier molecular flexibility index (Phi) is 5.91. The van der Waals surface area contributed by atoms with E-state index in [0.717, 1.165) is 18.4 Å². The molecule has 1 atom stereocenters. The minimum atomic E-state index is -0.507. The number of hydrogen-bond acceptors (Lipinski definition) is 3. The van der Waals surface area contributed by atoms with E-state index >= 15 is 0 Å². The van der Waals surface area contributed by atoms with Crippen molar-refractivity contribution < 1.29 is 9.18 Å². The molecule has 3 N–H and O–H groups in total. The van der Waals surface area contributed by atoms with Crippen LogP contribution < -0.4 is 11.1 Å². The first-order chi connectivity index (χ1) is 10.6. The maximum absolute atomic E-state index is 13.3. The van der Waals surface area contributed by atoms with Gasteiger partial charge in [-0.2, -0.15) is 5.26 Å². The van der Waals surface area contributed by atoms with Crippen molar-refractivity contribution in [2.45, 2.75) is 51.1 Å². The van der Waals surface area contributed by atoms with Crippen molar-refractivity contribution in [2.75, 3.05) is 0 Å². The summed E-state index contributed by atoms with van der Waals surface area (Å²) in [5.41, 5.74) is 6.24. The monoisotopic (exact) mass is 303 g/mol. The smallest absolute Gasteiger partial charge is 0.218 e. The molecule has 4 nitrogen and oxygen atoms in total. The third-order valence-electron chi connectivity index (χ3n) is 4.36. The van der Waals surface area contributed by atoms with Gasteiger partial charge in [0.25, 0.3) is 0 Å². The van der Waals surface area contributed by atoms with E-state index in [1.807, 2.05) is 6.07 Å². The summed E-state index contributed by atoms with van der Waals surface area (Å²) in [5.74, 6) is -0.357. The van der Waals surface area contributed by atoms with E-state index in [2.05, 4.69) is 5.32 Å². The van der Waals surface area contributed by atoms with Gasteiger partial charge in [-0.25, -0.2) is 4.39 Å². The van der Waals surface area contributed by atoms with Crippen molar-refractivity contribution in [2.24, 2.45) is 11.7 Å². The second-order valence-corrected chi connectivity index (χ2v) is 5.98. The van der Waals surface area contributed by atoms with Crippen LogP contribution in [0.5, 0.6) is 0 Å². The maximum Gasteiger partial charge on any atom is 0.218 e. The van der Waals surface area contributed by atoms with E-state index in [1.165, 1.54) is 25.3 Å². The molecule has 0 unspecified atom stereocenters. The average Bonchev–Trinajstić information content (AvgIpc) is 2.53. The molecular weight excluding hydrogens is 281 g/mol. The van der Waals surface area contributed by atoms with Crippen LogP contribution in [-0.4, -0.2) is 11.9 Å². The van der Waals surface area contributed by atoms with Crippen LogP contribution in [0.4, 0.5) is 4.39 Å². The zero-order valence-electron chi connectivity index (χ0n) is 12.6. The first-order valence-corrected chi connectivity index (χ1v) is 7.80. The van der Waals surface area contributed by atoms with Gasteiger partial charge in [-0.05, 0) is 36.5 Å². The van der Waals surface area contributed by atoms with E-state index in [9.17, 15) is 9.18 Å². The van der Waals surface area contributed by atoms with Crippen LogP contribution in [0.3, 0.4) is 0 Å². The number of rotatable bonds is 6. The Balaban J connectivity index is 2.01. The number of hydrogen-bond donors (Lipinski definition) is 2. The Hall–Kier alpha value is -1.93. The molecule has 0 aliphatic heterocycles. The van der Waals surface area contributed by atoms with Gasteiger partial charge in [-0.15, -0.1) is 0 Å². The number of carbonyl (C=O) groups is 1. The van der Waals surface area contributed by atoms with E-state index in [4.69, 9.17) is 11.0 Å². The number of nitrogens with one attached hydrogen (secondary N) is 1. The Bertz CT molecular complexity index is 562. The quantitative estimate of drug-likeness (QED) is 0.848. The first-order valence-electron chi connectivity index (χ1n) is 7.80. The molecule has 1 aromatic carbocycles. The lowest BCUT2D eigenvalue weighted by atomic mass is 9.82. The molecule has 118 valence electrons. The molecule has 1 aliphatic carbocycles. The lowest BCUT2D eigenvalue weighted by Crippen LogP contribution is -2.40. The zero-order chi connectivity index (χ0) is 15.9. The van der Waals surface area contributed by atoms with Gasteiger partial charge in [0.2, 0.25) is 5.91 Å². The molecule has 1 fully saturated rings. The average molecular weight is 303 g/mol. The molecule has 0 spiro atoms. The SMILES string of the molecule is N#Cc1cc(CN[C@@H](CC(N)=O)C2CCCCC2)ccc1F. The van der Waals surface area contributed by atoms with Gasteiger partial charge < -0.3 is 11.1 Å². The van der Waals surface area contributed by atoms with Crippen LogP contribution in [-0.2, 0) is 11.3 Å². The highest BCUT2D eigenvalue weighted by Crippen LogP contribution is 2.28. The van der Waals surface area contributed by atoms with E-state index in [-0.39, 0.29) is 17.5 Å². The van der Waals surface area contributed by atoms with E-state index < -0.39 is 5.82 Å². The zero-order valence-corrected chi connectivity index (χ0v) is 12.6. The number of carbonyl (C=O) groups excluding carboxylic acids is 1. The predicted molar refractivity (Wildman–Crippen MR) is 82.1 cm³/mol. The second kappa shape index (κ2) is 7.90.